The molecule has 0 bridgehead atoms. The SMILES string of the molecule is Cc1oc(-c2ccccc2)nc1CCOc1ccc(CCC(=O)O)c(C(=O)NCc2ccc(S(C)(=O)=O)cc2)c1. The molecule has 10 heteroatoms. The number of aryl methyl sites for hydroxylation is 2. The Hall–Kier alpha value is -4.44. The first-order valence-electron chi connectivity index (χ1n) is 12.7. The number of carboxylic acid groups (broad SMARTS) is 1. The van der Waals surface area contributed by atoms with Crippen LogP contribution in [0.1, 0.15) is 39.4 Å². The number of ether oxygens (including phenoxy) is 1. The molecule has 1 heterocycles. The van der Waals surface area contributed by atoms with Crippen LogP contribution < -0.4 is 10.1 Å². The first-order valence-corrected chi connectivity index (χ1v) is 14.6. The minimum absolute atomic E-state index is 0.122. The van der Waals surface area contributed by atoms with Crippen molar-refractivity contribution < 1.29 is 32.3 Å². The molecule has 0 aliphatic carbocycles. The van der Waals surface area contributed by atoms with Gasteiger partial charge in [-0.3, -0.25) is 9.59 Å². The van der Waals surface area contributed by atoms with Gasteiger partial charge in [0.05, 0.1) is 17.2 Å². The molecule has 0 fully saturated rings. The molecule has 4 rings (SSSR count). The molecule has 0 aliphatic rings. The molecule has 4 aromatic rings. The summed E-state index contributed by atoms with van der Waals surface area (Å²) >= 11 is 0. The fourth-order valence-corrected chi connectivity index (χ4v) is 4.71. The van der Waals surface area contributed by atoms with Crippen LogP contribution in [0.25, 0.3) is 11.5 Å². The first-order chi connectivity index (χ1) is 19.1. The van der Waals surface area contributed by atoms with Gasteiger partial charge in [-0.2, -0.15) is 0 Å². The maximum atomic E-state index is 13.1. The number of aromatic nitrogens is 1. The average Bonchev–Trinajstić information content (AvgIpc) is 3.31. The largest absolute Gasteiger partial charge is 0.493 e. The summed E-state index contributed by atoms with van der Waals surface area (Å²) in [6, 6.07) is 20.9. The van der Waals surface area contributed by atoms with Crippen LogP contribution in [-0.2, 0) is 34.0 Å². The minimum atomic E-state index is -3.32. The monoisotopic (exact) mass is 562 g/mol. The van der Waals surface area contributed by atoms with Gasteiger partial charge in [-0.1, -0.05) is 36.4 Å². The second-order valence-electron chi connectivity index (χ2n) is 9.30. The molecule has 9 nitrogen and oxygen atoms in total. The third-order valence-corrected chi connectivity index (χ3v) is 7.39. The smallest absolute Gasteiger partial charge is 0.303 e. The van der Waals surface area contributed by atoms with Crippen molar-refractivity contribution in [3.8, 4) is 17.2 Å². The summed E-state index contributed by atoms with van der Waals surface area (Å²) in [4.78, 5) is 29.0. The molecule has 0 radical (unpaired) electrons. The standard InChI is InChI=1S/C30H30N2O7S/c1-20-27(32-30(39-20)23-6-4-3-5-7-23)16-17-38-24-12-10-22(11-15-28(33)34)26(18-24)29(35)31-19-21-8-13-25(14-9-21)40(2,36)37/h3-10,12-14,18H,11,15-17,19H2,1-2H3,(H,31,35)(H,33,34). The molecular formula is C30H30N2O7S. The number of rotatable bonds is 12. The van der Waals surface area contributed by atoms with E-state index in [1.54, 1.807) is 30.3 Å². The first kappa shape index (κ1) is 28.6. The molecule has 0 unspecified atom stereocenters. The predicted octanol–water partition coefficient (Wildman–Crippen LogP) is 4.62. The Morgan fingerprint density at radius 3 is 2.40 bits per heavy atom. The summed E-state index contributed by atoms with van der Waals surface area (Å²) in [5.74, 6) is 0.358. The number of aliphatic carboxylic acids is 1. The number of hydrogen-bond acceptors (Lipinski definition) is 7. The van der Waals surface area contributed by atoms with Crippen LogP contribution >= 0.6 is 0 Å². The van der Waals surface area contributed by atoms with Crippen LogP contribution in [0.15, 0.2) is 82.1 Å². The lowest BCUT2D eigenvalue weighted by Crippen LogP contribution is -2.24. The topological polar surface area (TPSA) is 136 Å². The third kappa shape index (κ3) is 7.57. The molecule has 3 aromatic carbocycles. The highest BCUT2D eigenvalue weighted by atomic mass is 32.2. The van der Waals surface area contributed by atoms with E-state index in [2.05, 4.69) is 10.3 Å². The fraction of sp³-hybridized carbons (Fsp3) is 0.233. The van der Waals surface area contributed by atoms with E-state index in [1.807, 2.05) is 37.3 Å². The zero-order valence-electron chi connectivity index (χ0n) is 22.2. The van der Waals surface area contributed by atoms with Crippen molar-refractivity contribution in [3.63, 3.8) is 0 Å². The van der Waals surface area contributed by atoms with Crippen molar-refractivity contribution in [2.24, 2.45) is 0 Å². The van der Waals surface area contributed by atoms with E-state index in [4.69, 9.17) is 14.3 Å². The van der Waals surface area contributed by atoms with Gasteiger partial charge in [0.1, 0.15) is 11.5 Å². The average molecular weight is 563 g/mol. The van der Waals surface area contributed by atoms with Crippen molar-refractivity contribution in [1.82, 2.24) is 10.3 Å². The highest BCUT2D eigenvalue weighted by Gasteiger charge is 2.16. The molecule has 208 valence electrons. The zero-order valence-corrected chi connectivity index (χ0v) is 23.0. The number of nitrogens with one attached hydrogen (secondary N) is 1. The van der Waals surface area contributed by atoms with Crippen molar-refractivity contribution in [2.75, 3.05) is 12.9 Å². The van der Waals surface area contributed by atoms with E-state index in [9.17, 15) is 18.0 Å². The van der Waals surface area contributed by atoms with Crippen LogP contribution in [0.2, 0.25) is 0 Å². The molecule has 1 aromatic heterocycles. The fourth-order valence-electron chi connectivity index (χ4n) is 4.08. The summed E-state index contributed by atoms with van der Waals surface area (Å²) in [7, 11) is -3.32. The van der Waals surface area contributed by atoms with Crippen molar-refractivity contribution >= 4 is 21.7 Å². The number of nitrogens with zero attached hydrogens (tertiary/aromatic N) is 1. The summed E-state index contributed by atoms with van der Waals surface area (Å²) in [6.07, 6.45) is 1.69. The summed E-state index contributed by atoms with van der Waals surface area (Å²) in [5.41, 5.74) is 3.28. The Kier molecular flexibility index (Phi) is 9.00. The summed E-state index contributed by atoms with van der Waals surface area (Å²) in [5, 5.41) is 12.0. The van der Waals surface area contributed by atoms with Crippen molar-refractivity contribution in [2.45, 2.75) is 37.6 Å². The number of oxazole rings is 1. The Labute approximate surface area is 232 Å². The van der Waals surface area contributed by atoms with E-state index in [0.29, 0.717) is 41.6 Å². The molecule has 40 heavy (non-hydrogen) atoms. The lowest BCUT2D eigenvalue weighted by atomic mass is 10.0. The van der Waals surface area contributed by atoms with Crippen LogP contribution in [0.5, 0.6) is 5.75 Å². The Morgan fingerprint density at radius 2 is 1.73 bits per heavy atom. The van der Waals surface area contributed by atoms with Gasteiger partial charge in [-0.15, -0.1) is 0 Å². The maximum Gasteiger partial charge on any atom is 0.303 e. The van der Waals surface area contributed by atoms with Gasteiger partial charge in [-0.05, 0) is 60.9 Å². The molecule has 0 aliphatic heterocycles. The lowest BCUT2D eigenvalue weighted by molar-refractivity contribution is -0.136. The number of benzene rings is 3. The normalized spacial score (nSPS) is 11.2. The van der Waals surface area contributed by atoms with E-state index >= 15 is 0 Å². The van der Waals surface area contributed by atoms with Gasteiger partial charge < -0.3 is 19.6 Å². The molecule has 0 saturated heterocycles. The van der Waals surface area contributed by atoms with Crippen LogP contribution in [0.3, 0.4) is 0 Å². The van der Waals surface area contributed by atoms with Gasteiger partial charge >= 0.3 is 5.97 Å². The maximum absolute atomic E-state index is 13.1. The number of hydrogen-bond donors (Lipinski definition) is 2. The number of amides is 1. The Morgan fingerprint density at radius 1 is 1.00 bits per heavy atom. The Bertz CT molecular complexity index is 1600. The second kappa shape index (κ2) is 12.6. The van der Waals surface area contributed by atoms with E-state index in [1.165, 1.54) is 12.1 Å². The van der Waals surface area contributed by atoms with Crippen molar-refractivity contribution in [3.05, 3.63) is 101 Å². The number of sulfone groups is 1. The zero-order chi connectivity index (χ0) is 28.7. The summed E-state index contributed by atoms with van der Waals surface area (Å²) in [6.45, 7) is 2.31. The van der Waals surface area contributed by atoms with Crippen LogP contribution in [0, 0.1) is 6.92 Å². The minimum Gasteiger partial charge on any atom is -0.493 e. The van der Waals surface area contributed by atoms with Gasteiger partial charge in [0.2, 0.25) is 5.89 Å². The number of carbonyl (C=O) groups excluding carboxylic acids is 1. The third-order valence-electron chi connectivity index (χ3n) is 6.26. The van der Waals surface area contributed by atoms with Crippen LogP contribution in [-0.4, -0.2) is 43.2 Å². The van der Waals surface area contributed by atoms with Crippen LogP contribution in [0.4, 0.5) is 0 Å². The Balaban J connectivity index is 1.43. The highest BCUT2D eigenvalue weighted by Crippen LogP contribution is 2.23. The molecule has 0 atom stereocenters. The molecular weight excluding hydrogens is 532 g/mol. The highest BCUT2D eigenvalue weighted by molar-refractivity contribution is 7.90. The van der Waals surface area contributed by atoms with Gasteiger partial charge in [0.15, 0.2) is 9.84 Å². The van der Waals surface area contributed by atoms with Gasteiger partial charge in [0, 0.05) is 36.8 Å². The predicted molar refractivity (Wildman–Crippen MR) is 149 cm³/mol. The van der Waals surface area contributed by atoms with Gasteiger partial charge in [0.25, 0.3) is 5.91 Å². The van der Waals surface area contributed by atoms with E-state index in [-0.39, 0.29) is 24.3 Å². The quantitative estimate of drug-likeness (QED) is 0.255. The second-order valence-corrected chi connectivity index (χ2v) is 11.3. The summed E-state index contributed by atoms with van der Waals surface area (Å²) < 4.78 is 35.1. The van der Waals surface area contributed by atoms with Crippen molar-refractivity contribution in [1.29, 1.82) is 0 Å². The molecule has 0 saturated carbocycles. The molecule has 2 N–H and O–H groups in total. The van der Waals surface area contributed by atoms with E-state index in [0.717, 1.165) is 23.1 Å². The van der Waals surface area contributed by atoms with Gasteiger partial charge in [-0.25, -0.2) is 13.4 Å². The van der Waals surface area contributed by atoms with E-state index < -0.39 is 21.7 Å². The molecule has 0 spiro atoms. The number of carbonyl (C=O) groups is 2. The number of carboxylic acids is 1. The lowest BCUT2D eigenvalue weighted by Gasteiger charge is -2.13. The molecule has 1 amide bonds.